The molecule has 1 aliphatic carbocycles. The van der Waals surface area contributed by atoms with Gasteiger partial charge in [-0.05, 0) is 48.4 Å². The van der Waals surface area contributed by atoms with Crippen LogP contribution >= 0.6 is 0 Å². The van der Waals surface area contributed by atoms with Gasteiger partial charge in [-0.15, -0.1) is 0 Å². The van der Waals surface area contributed by atoms with Gasteiger partial charge in [0.25, 0.3) is 0 Å². The van der Waals surface area contributed by atoms with Crippen molar-refractivity contribution >= 4 is 0 Å². The minimum atomic E-state index is 0.528. The highest BCUT2D eigenvalue weighted by molar-refractivity contribution is 5.68. The fourth-order valence-corrected chi connectivity index (χ4v) is 3.39. The number of nitrogens with zero attached hydrogens (tertiary/aromatic N) is 2. The summed E-state index contributed by atoms with van der Waals surface area (Å²) in [6.45, 7) is 1.55. The summed E-state index contributed by atoms with van der Waals surface area (Å²) >= 11 is 0. The van der Waals surface area contributed by atoms with E-state index in [0.717, 1.165) is 18.8 Å². The first-order valence-electron chi connectivity index (χ1n) is 6.76. The van der Waals surface area contributed by atoms with Crippen molar-refractivity contribution < 1.29 is 0 Å². The number of aryl methyl sites for hydroxylation is 3. The molecule has 2 heterocycles. The highest BCUT2D eigenvalue weighted by Gasteiger charge is 2.22. The monoisotopic (exact) mass is 239 g/mol. The van der Waals surface area contributed by atoms with Crippen molar-refractivity contribution in [1.29, 1.82) is 0 Å². The van der Waals surface area contributed by atoms with Crippen LogP contribution in [0.2, 0.25) is 0 Å². The zero-order valence-electron chi connectivity index (χ0n) is 10.4. The van der Waals surface area contributed by atoms with E-state index in [2.05, 4.69) is 21.7 Å². The molecule has 1 aromatic heterocycles. The van der Waals surface area contributed by atoms with Gasteiger partial charge in [-0.25, -0.2) is 4.98 Å². The van der Waals surface area contributed by atoms with Gasteiger partial charge in [0.1, 0.15) is 5.82 Å². The summed E-state index contributed by atoms with van der Waals surface area (Å²) in [6.07, 6.45) is 6.91. The van der Waals surface area contributed by atoms with Crippen LogP contribution in [0.3, 0.4) is 0 Å². The van der Waals surface area contributed by atoms with E-state index in [1.807, 2.05) is 6.20 Å². The Labute approximate surface area is 107 Å². The summed E-state index contributed by atoms with van der Waals surface area (Å²) in [7, 11) is 0. The number of benzene rings is 1. The number of hydrogen-bond acceptors (Lipinski definition) is 2. The maximum atomic E-state index is 5.75. The van der Waals surface area contributed by atoms with Gasteiger partial charge < -0.3 is 10.3 Å². The van der Waals surface area contributed by atoms with Crippen molar-refractivity contribution in [3.63, 3.8) is 0 Å². The molecule has 4 rings (SSSR count). The molecule has 18 heavy (non-hydrogen) atoms. The van der Waals surface area contributed by atoms with Crippen molar-refractivity contribution in [3.05, 3.63) is 40.8 Å². The van der Waals surface area contributed by atoms with Gasteiger partial charge in [-0.1, -0.05) is 6.07 Å². The second kappa shape index (κ2) is 3.69. The van der Waals surface area contributed by atoms with Gasteiger partial charge in [0.15, 0.2) is 0 Å². The third-order valence-corrected chi connectivity index (χ3v) is 4.32. The zero-order chi connectivity index (χ0) is 12.1. The van der Waals surface area contributed by atoms with Gasteiger partial charge in [-0.2, -0.15) is 0 Å². The first kappa shape index (κ1) is 10.3. The number of fused-ring (bicyclic) bond motifs is 4. The Bertz CT molecular complexity index is 625. The van der Waals surface area contributed by atoms with Crippen LogP contribution in [0.25, 0.3) is 11.3 Å². The summed E-state index contributed by atoms with van der Waals surface area (Å²) in [4.78, 5) is 4.45. The minimum absolute atomic E-state index is 0.528. The molecule has 0 unspecified atom stereocenters. The number of nitrogens with two attached hydrogens (primary N) is 1. The molecule has 3 nitrogen and oxygen atoms in total. The Morgan fingerprint density at radius 2 is 1.94 bits per heavy atom. The van der Waals surface area contributed by atoms with Crippen molar-refractivity contribution in [2.75, 3.05) is 0 Å². The van der Waals surface area contributed by atoms with Gasteiger partial charge >= 0.3 is 0 Å². The van der Waals surface area contributed by atoms with E-state index >= 15 is 0 Å². The van der Waals surface area contributed by atoms with Gasteiger partial charge in [-0.3, -0.25) is 0 Å². The smallest absolute Gasteiger partial charge is 0.122 e. The summed E-state index contributed by atoms with van der Waals surface area (Å²) in [5.41, 5.74) is 13.0. The molecule has 0 spiro atoms. The SMILES string of the molecule is NCc1ncc2n1CCc1cc3c(cc1-2)CCC3. The van der Waals surface area contributed by atoms with Crippen LogP contribution < -0.4 is 5.73 Å². The maximum Gasteiger partial charge on any atom is 0.122 e. The Kier molecular flexibility index (Phi) is 2.12. The Hall–Kier alpha value is -1.61. The van der Waals surface area contributed by atoms with E-state index in [9.17, 15) is 0 Å². The fourth-order valence-electron chi connectivity index (χ4n) is 3.39. The molecule has 1 aromatic carbocycles. The van der Waals surface area contributed by atoms with E-state index in [-0.39, 0.29) is 0 Å². The summed E-state index contributed by atoms with van der Waals surface area (Å²) < 4.78 is 2.28. The second-order valence-electron chi connectivity index (χ2n) is 5.30. The molecular weight excluding hydrogens is 222 g/mol. The molecule has 3 heteroatoms. The minimum Gasteiger partial charge on any atom is -0.327 e. The highest BCUT2D eigenvalue weighted by atomic mass is 15.1. The predicted molar refractivity (Wildman–Crippen MR) is 71.3 cm³/mol. The molecule has 2 N–H and O–H groups in total. The molecule has 0 fully saturated rings. The molecule has 0 bridgehead atoms. The number of hydrogen-bond donors (Lipinski definition) is 1. The van der Waals surface area contributed by atoms with Crippen molar-refractivity contribution in [2.24, 2.45) is 5.73 Å². The zero-order valence-corrected chi connectivity index (χ0v) is 10.4. The van der Waals surface area contributed by atoms with Gasteiger partial charge in [0.2, 0.25) is 0 Å². The average molecular weight is 239 g/mol. The Morgan fingerprint density at radius 3 is 2.78 bits per heavy atom. The number of imidazole rings is 1. The lowest BCUT2D eigenvalue weighted by Crippen LogP contribution is -2.15. The third-order valence-electron chi connectivity index (χ3n) is 4.32. The Morgan fingerprint density at radius 1 is 1.11 bits per heavy atom. The van der Waals surface area contributed by atoms with Crippen LogP contribution in [0.1, 0.15) is 28.9 Å². The molecule has 1 aliphatic heterocycles. The Balaban J connectivity index is 1.92. The topological polar surface area (TPSA) is 43.8 Å². The summed E-state index contributed by atoms with van der Waals surface area (Å²) in [5, 5.41) is 0. The fraction of sp³-hybridized carbons (Fsp3) is 0.400. The lowest BCUT2D eigenvalue weighted by atomic mass is 9.94. The molecule has 0 amide bonds. The van der Waals surface area contributed by atoms with Crippen LogP contribution in [0.5, 0.6) is 0 Å². The van der Waals surface area contributed by atoms with E-state index in [4.69, 9.17) is 5.73 Å². The lowest BCUT2D eigenvalue weighted by molar-refractivity contribution is 0.643. The number of aromatic nitrogens is 2. The van der Waals surface area contributed by atoms with E-state index in [0.29, 0.717) is 6.54 Å². The van der Waals surface area contributed by atoms with Crippen LogP contribution in [0, 0.1) is 0 Å². The maximum absolute atomic E-state index is 5.75. The molecule has 0 saturated carbocycles. The third kappa shape index (κ3) is 1.31. The van der Waals surface area contributed by atoms with Gasteiger partial charge in [0.05, 0.1) is 18.4 Å². The largest absolute Gasteiger partial charge is 0.327 e. The van der Waals surface area contributed by atoms with Crippen LogP contribution in [-0.4, -0.2) is 9.55 Å². The first-order valence-corrected chi connectivity index (χ1v) is 6.76. The van der Waals surface area contributed by atoms with E-state index in [1.165, 1.54) is 41.6 Å². The highest BCUT2D eigenvalue weighted by Crippen LogP contribution is 2.35. The van der Waals surface area contributed by atoms with E-state index < -0.39 is 0 Å². The molecule has 0 radical (unpaired) electrons. The van der Waals surface area contributed by atoms with E-state index in [1.54, 1.807) is 5.56 Å². The normalized spacial score (nSPS) is 16.3. The van der Waals surface area contributed by atoms with Crippen LogP contribution in [0.4, 0.5) is 0 Å². The average Bonchev–Trinajstić information content (AvgIpc) is 3.01. The second-order valence-corrected chi connectivity index (χ2v) is 5.30. The quantitative estimate of drug-likeness (QED) is 0.827. The van der Waals surface area contributed by atoms with Crippen molar-refractivity contribution in [3.8, 4) is 11.3 Å². The molecule has 2 aliphatic rings. The summed E-state index contributed by atoms with van der Waals surface area (Å²) in [6, 6.07) is 4.82. The predicted octanol–water partition coefficient (Wildman–Crippen LogP) is 2.05. The molecule has 2 aromatic rings. The summed E-state index contributed by atoms with van der Waals surface area (Å²) in [5.74, 6) is 1.01. The molecular formula is C15H17N3. The van der Waals surface area contributed by atoms with Crippen molar-refractivity contribution in [2.45, 2.75) is 38.8 Å². The molecule has 0 saturated heterocycles. The first-order chi connectivity index (χ1) is 8.86. The lowest BCUT2D eigenvalue weighted by Gasteiger charge is -2.21. The number of rotatable bonds is 1. The van der Waals surface area contributed by atoms with Gasteiger partial charge in [0, 0.05) is 12.1 Å². The molecule has 92 valence electrons. The molecule has 0 atom stereocenters. The van der Waals surface area contributed by atoms with Crippen LogP contribution in [-0.2, 0) is 32.4 Å². The standard InChI is InChI=1S/C15H17N3/c16-8-15-17-9-14-13-7-11-3-1-2-10(11)6-12(13)4-5-18(14)15/h6-7,9H,1-5,8,16H2. The van der Waals surface area contributed by atoms with Crippen molar-refractivity contribution in [1.82, 2.24) is 9.55 Å². The van der Waals surface area contributed by atoms with Crippen LogP contribution in [0.15, 0.2) is 18.3 Å².